The topological polar surface area (TPSA) is 79.4 Å². The molecule has 7 heteroatoms. The molecule has 31 heavy (non-hydrogen) atoms. The summed E-state index contributed by atoms with van der Waals surface area (Å²) in [6.45, 7) is 0.389. The maximum absolute atomic E-state index is 12.4. The molecule has 0 spiro atoms. The Labute approximate surface area is 184 Å². The quantitative estimate of drug-likeness (QED) is 0.317. The highest BCUT2D eigenvalue weighted by molar-refractivity contribution is 6.30. The fourth-order valence-electron chi connectivity index (χ4n) is 2.89. The first-order valence-electron chi connectivity index (χ1n) is 9.59. The second kappa shape index (κ2) is 9.73. The molecule has 0 atom stereocenters. The van der Waals surface area contributed by atoms with Gasteiger partial charge >= 0.3 is 0 Å². The van der Waals surface area contributed by atoms with Crippen molar-refractivity contribution in [1.82, 2.24) is 15.6 Å². The number of hydrazone groups is 1. The molecule has 2 N–H and O–H groups in total. The molecular formula is C24H19ClN4O2. The summed E-state index contributed by atoms with van der Waals surface area (Å²) in [6, 6.07) is 26.2. The lowest BCUT2D eigenvalue weighted by atomic mass is 10.1. The zero-order valence-corrected chi connectivity index (χ0v) is 17.2. The van der Waals surface area contributed by atoms with Crippen molar-refractivity contribution in [3.63, 3.8) is 0 Å². The molecular weight excluding hydrogens is 412 g/mol. The summed E-state index contributed by atoms with van der Waals surface area (Å²) >= 11 is 5.93. The van der Waals surface area contributed by atoms with E-state index < -0.39 is 0 Å². The van der Waals surface area contributed by atoms with Gasteiger partial charge in [-0.3, -0.25) is 9.89 Å². The van der Waals surface area contributed by atoms with Crippen molar-refractivity contribution in [3.8, 4) is 17.0 Å². The van der Waals surface area contributed by atoms with Gasteiger partial charge in [-0.25, -0.2) is 5.43 Å². The number of carbonyl (C=O) groups is 1. The minimum Gasteiger partial charge on any atom is -0.488 e. The highest BCUT2D eigenvalue weighted by Gasteiger charge is 2.13. The molecule has 0 bridgehead atoms. The van der Waals surface area contributed by atoms with Crippen LogP contribution in [-0.2, 0) is 6.61 Å². The highest BCUT2D eigenvalue weighted by atomic mass is 35.5. The average Bonchev–Trinajstić information content (AvgIpc) is 3.30. The highest BCUT2D eigenvalue weighted by Crippen LogP contribution is 2.29. The third kappa shape index (κ3) is 5.38. The molecule has 0 aliphatic heterocycles. The van der Waals surface area contributed by atoms with E-state index in [1.54, 1.807) is 12.3 Å². The van der Waals surface area contributed by atoms with E-state index >= 15 is 0 Å². The number of halogens is 1. The molecule has 1 aromatic heterocycles. The van der Waals surface area contributed by atoms with Crippen LogP contribution >= 0.6 is 11.6 Å². The summed E-state index contributed by atoms with van der Waals surface area (Å²) in [4.78, 5) is 12.4. The number of nitrogens with one attached hydrogen (secondary N) is 2. The van der Waals surface area contributed by atoms with Crippen LogP contribution in [0.2, 0.25) is 5.02 Å². The Hall–Kier alpha value is -3.90. The van der Waals surface area contributed by atoms with Crippen LogP contribution in [0.15, 0.2) is 90.0 Å². The molecule has 4 rings (SSSR count). The summed E-state index contributed by atoms with van der Waals surface area (Å²) in [5.74, 6) is 0.281. The van der Waals surface area contributed by atoms with Crippen LogP contribution in [0, 0.1) is 0 Å². The zero-order chi connectivity index (χ0) is 21.5. The second-order valence-corrected chi connectivity index (χ2v) is 7.12. The number of ether oxygens (including phenoxy) is 1. The lowest BCUT2D eigenvalue weighted by Gasteiger charge is -2.10. The predicted molar refractivity (Wildman–Crippen MR) is 121 cm³/mol. The molecule has 0 saturated carbocycles. The number of aromatic amines is 1. The maximum Gasteiger partial charge on any atom is 0.289 e. The minimum absolute atomic E-state index is 0.299. The van der Waals surface area contributed by atoms with Gasteiger partial charge in [0.05, 0.1) is 11.9 Å². The van der Waals surface area contributed by atoms with Crippen LogP contribution in [0.1, 0.15) is 21.6 Å². The first kappa shape index (κ1) is 20.4. The molecule has 3 aromatic carbocycles. The van der Waals surface area contributed by atoms with E-state index in [4.69, 9.17) is 16.3 Å². The molecule has 0 unspecified atom stereocenters. The van der Waals surface area contributed by atoms with Gasteiger partial charge in [-0.2, -0.15) is 10.2 Å². The summed E-state index contributed by atoms with van der Waals surface area (Å²) < 4.78 is 5.98. The monoisotopic (exact) mass is 430 g/mol. The van der Waals surface area contributed by atoms with Gasteiger partial charge in [-0.1, -0.05) is 66.2 Å². The minimum atomic E-state index is -0.384. The lowest BCUT2D eigenvalue weighted by Crippen LogP contribution is -2.17. The molecule has 154 valence electrons. The van der Waals surface area contributed by atoms with E-state index in [0.29, 0.717) is 28.8 Å². The Morgan fingerprint density at radius 3 is 2.58 bits per heavy atom. The smallest absolute Gasteiger partial charge is 0.289 e. The Morgan fingerprint density at radius 1 is 1.03 bits per heavy atom. The van der Waals surface area contributed by atoms with Gasteiger partial charge in [0.25, 0.3) is 5.91 Å². The molecule has 0 radical (unpaired) electrons. The van der Waals surface area contributed by atoms with E-state index in [2.05, 4.69) is 20.7 Å². The van der Waals surface area contributed by atoms with Gasteiger partial charge in [0.2, 0.25) is 0 Å². The van der Waals surface area contributed by atoms with Crippen molar-refractivity contribution in [2.24, 2.45) is 5.10 Å². The number of para-hydroxylation sites is 1. The van der Waals surface area contributed by atoms with Crippen LogP contribution in [-0.4, -0.2) is 22.3 Å². The molecule has 6 nitrogen and oxygen atoms in total. The predicted octanol–water partition coefficient (Wildman–Crippen LogP) is 5.07. The SMILES string of the molecule is O=C(N/N=C/c1ccccc1)c1cc(-c2ccccc2OCc2ccc(Cl)cc2)n[nH]1. The number of amides is 1. The Balaban J connectivity index is 1.44. The Bertz CT molecular complexity index is 1190. The third-order valence-electron chi connectivity index (χ3n) is 4.47. The van der Waals surface area contributed by atoms with Gasteiger partial charge in [0.15, 0.2) is 0 Å². The van der Waals surface area contributed by atoms with Gasteiger partial charge < -0.3 is 4.74 Å². The summed E-state index contributed by atoms with van der Waals surface area (Å²) in [6.07, 6.45) is 1.58. The lowest BCUT2D eigenvalue weighted by molar-refractivity contribution is 0.0950. The second-order valence-electron chi connectivity index (χ2n) is 6.69. The zero-order valence-electron chi connectivity index (χ0n) is 16.5. The average molecular weight is 431 g/mol. The summed E-state index contributed by atoms with van der Waals surface area (Å²) in [7, 11) is 0. The van der Waals surface area contributed by atoms with Crippen LogP contribution < -0.4 is 10.2 Å². The van der Waals surface area contributed by atoms with Crippen molar-refractivity contribution >= 4 is 23.7 Å². The third-order valence-corrected chi connectivity index (χ3v) is 4.72. The van der Waals surface area contributed by atoms with Crippen molar-refractivity contribution in [1.29, 1.82) is 0 Å². The summed E-state index contributed by atoms with van der Waals surface area (Å²) in [5.41, 5.74) is 6.06. The van der Waals surface area contributed by atoms with Gasteiger partial charge in [0.1, 0.15) is 18.1 Å². The number of aromatic nitrogens is 2. The number of nitrogens with zero attached hydrogens (tertiary/aromatic N) is 2. The van der Waals surface area contributed by atoms with Crippen molar-refractivity contribution in [2.45, 2.75) is 6.61 Å². The van der Waals surface area contributed by atoms with Crippen molar-refractivity contribution in [3.05, 3.63) is 107 Å². The van der Waals surface area contributed by atoms with Crippen molar-refractivity contribution in [2.75, 3.05) is 0 Å². The number of hydrogen-bond acceptors (Lipinski definition) is 4. The fraction of sp³-hybridized carbons (Fsp3) is 0.0417. The molecule has 1 heterocycles. The largest absolute Gasteiger partial charge is 0.488 e. The van der Waals surface area contributed by atoms with E-state index in [0.717, 1.165) is 16.7 Å². The molecule has 0 aliphatic rings. The van der Waals surface area contributed by atoms with Crippen LogP contribution in [0.5, 0.6) is 5.75 Å². The number of carbonyl (C=O) groups excluding carboxylic acids is 1. The maximum atomic E-state index is 12.4. The molecule has 0 fully saturated rings. The molecule has 4 aromatic rings. The molecule has 0 aliphatic carbocycles. The van der Waals surface area contributed by atoms with Gasteiger partial charge in [-0.15, -0.1) is 0 Å². The number of benzene rings is 3. The summed E-state index contributed by atoms with van der Waals surface area (Å²) in [5, 5.41) is 11.7. The number of hydrogen-bond donors (Lipinski definition) is 2. The normalized spacial score (nSPS) is 10.9. The first-order chi connectivity index (χ1) is 15.2. The first-order valence-corrected chi connectivity index (χ1v) is 9.97. The standard InChI is InChI=1S/C24H19ClN4O2/c25-19-12-10-18(11-13-19)16-31-23-9-5-4-8-20(23)21-14-22(28-27-21)24(30)29-26-15-17-6-2-1-3-7-17/h1-15H,16H2,(H,27,28)(H,29,30)/b26-15+. The Kier molecular flexibility index (Phi) is 6.40. The Morgan fingerprint density at radius 2 is 1.77 bits per heavy atom. The van der Waals surface area contributed by atoms with E-state index in [-0.39, 0.29) is 5.91 Å². The van der Waals surface area contributed by atoms with Crippen LogP contribution in [0.4, 0.5) is 0 Å². The van der Waals surface area contributed by atoms with Gasteiger partial charge in [0, 0.05) is 10.6 Å². The molecule has 0 saturated heterocycles. The van der Waals surface area contributed by atoms with E-state index in [1.807, 2.05) is 78.9 Å². The fourth-order valence-corrected chi connectivity index (χ4v) is 3.01. The molecule has 1 amide bonds. The van der Waals surface area contributed by atoms with E-state index in [1.165, 1.54) is 0 Å². The van der Waals surface area contributed by atoms with E-state index in [9.17, 15) is 4.79 Å². The van der Waals surface area contributed by atoms with Crippen LogP contribution in [0.3, 0.4) is 0 Å². The van der Waals surface area contributed by atoms with Gasteiger partial charge in [-0.05, 0) is 41.5 Å². The van der Waals surface area contributed by atoms with Crippen LogP contribution in [0.25, 0.3) is 11.3 Å². The number of rotatable bonds is 7. The van der Waals surface area contributed by atoms with Crippen molar-refractivity contribution < 1.29 is 9.53 Å². The number of H-pyrrole nitrogens is 1.